The van der Waals surface area contributed by atoms with Crippen molar-refractivity contribution in [3.8, 4) is 11.5 Å². The number of ether oxygens (including phenoxy) is 2. The first-order chi connectivity index (χ1) is 16.1. The van der Waals surface area contributed by atoms with Crippen LogP contribution in [0.2, 0.25) is 0 Å². The molecule has 2 fully saturated rings. The Morgan fingerprint density at radius 3 is 2.39 bits per heavy atom. The number of likely N-dealkylation sites (N-methyl/N-ethyl adjacent to an activating group) is 1. The van der Waals surface area contributed by atoms with Gasteiger partial charge in [0.2, 0.25) is 0 Å². The molecule has 2 aromatic carbocycles. The fourth-order valence-electron chi connectivity index (χ4n) is 4.94. The molecule has 0 bridgehead atoms. The Labute approximate surface area is 195 Å². The van der Waals surface area contributed by atoms with Crippen molar-refractivity contribution in [2.24, 2.45) is 0 Å². The molecule has 33 heavy (non-hydrogen) atoms. The van der Waals surface area contributed by atoms with Crippen LogP contribution in [0, 0.1) is 0 Å². The topological polar surface area (TPSA) is 62.3 Å². The van der Waals surface area contributed by atoms with Crippen LogP contribution in [-0.4, -0.2) is 72.1 Å². The summed E-state index contributed by atoms with van der Waals surface area (Å²) in [6.45, 7) is 5.71. The summed E-state index contributed by atoms with van der Waals surface area (Å²) in [4.78, 5) is 32.1. The predicted molar refractivity (Wildman–Crippen MR) is 126 cm³/mol. The number of carbonyl (C=O) groups is 2. The maximum Gasteiger partial charge on any atom is 0.327 e. The van der Waals surface area contributed by atoms with Crippen LogP contribution in [0.4, 0.5) is 4.79 Å². The summed E-state index contributed by atoms with van der Waals surface area (Å²) in [5.41, 5.74) is 0.475. The normalized spacial score (nSPS) is 18.2. The second kappa shape index (κ2) is 10.3. The van der Waals surface area contributed by atoms with Gasteiger partial charge in [-0.05, 0) is 56.0 Å². The molecule has 0 radical (unpaired) electrons. The number of imide groups is 1. The van der Waals surface area contributed by atoms with Crippen LogP contribution in [-0.2, 0) is 11.3 Å². The van der Waals surface area contributed by atoms with E-state index in [1.54, 1.807) is 12.0 Å². The van der Waals surface area contributed by atoms with Gasteiger partial charge in [0.15, 0.2) is 0 Å². The molecule has 0 atom stereocenters. The lowest BCUT2D eigenvalue weighted by Crippen LogP contribution is -2.56. The Morgan fingerprint density at radius 2 is 1.70 bits per heavy atom. The summed E-state index contributed by atoms with van der Waals surface area (Å²) >= 11 is 0. The number of hydrogen-bond donors (Lipinski definition) is 0. The highest BCUT2D eigenvalue weighted by atomic mass is 16.5. The van der Waals surface area contributed by atoms with E-state index in [1.807, 2.05) is 55.5 Å². The number of amides is 3. The minimum absolute atomic E-state index is 0.0462. The second-order valence-corrected chi connectivity index (χ2v) is 8.66. The van der Waals surface area contributed by atoms with Gasteiger partial charge in [0.1, 0.15) is 17.0 Å². The molecule has 4 rings (SSSR count). The molecule has 2 aliphatic rings. The Hall–Kier alpha value is -3.06. The lowest BCUT2D eigenvalue weighted by molar-refractivity contribution is -0.135. The first-order valence-electron chi connectivity index (χ1n) is 11.7. The van der Waals surface area contributed by atoms with Gasteiger partial charge in [-0.2, -0.15) is 0 Å². The minimum atomic E-state index is -0.711. The fraction of sp³-hybridized carbons (Fsp3) is 0.462. The van der Waals surface area contributed by atoms with Gasteiger partial charge in [-0.3, -0.25) is 14.6 Å². The molecule has 2 saturated heterocycles. The van der Waals surface area contributed by atoms with Crippen molar-refractivity contribution in [3.05, 3.63) is 60.2 Å². The van der Waals surface area contributed by atoms with Gasteiger partial charge in [-0.1, -0.05) is 30.3 Å². The zero-order valence-corrected chi connectivity index (χ0v) is 19.5. The van der Waals surface area contributed by atoms with Crippen molar-refractivity contribution in [2.75, 3.05) is 39.9 Å². The van der Waals surface area contributed by atoms with E-state index in [-0.39, 0.29) is 11.9 Å². The minimum Gasteiger partial charge on any atom is -0.497 e. The number of rotatable bonds is 9. The third kappa shape index (κ3) is 4.83. The van der Waals surface area contributed by atoms with E-state index < -0.39 is 5.54 Å². The molecular weight excluding hydrogens is 418 g/mol. The van der Waals surface area contributed by atoms with Crippen molar-refractivity contribution in [1.29, 1.82) is 0 Å². The zero-order valence-electron chi connectivity index (χ0n) is 19.5. The first kappa shape index (κ1) is 23.1. The SMILES string of the molecule is CCN1C(=O)N(CCCOc2ccccc2)C(=O)C12CCN(Cc1cccc(OC)c1)CC2. The van der Waals surface area contributed by atoms with E-state index in [1.165, 1.54) is 10.5 Å². The highest BCUT2D eigenvalue weighted by Crippen LogP contribution is 2.37. The van der Waals surface area contributed by atoms with Crippen molar-refractivity contribution in [1.82, 2.24) is 14.7 Å². The molecule has 0 unspecified atom stereocenters. The largest absolute Gasteiger partial charge is 0.497 e. The Balaban J connectivity index is 1.34. The Kier molecular flexibility index (Phi) is 7.18. The van der Waals surface area contributed by atoms with Crippen LogP contribution in [0.1, 0.15) is 31.7 Å². The maximum atomic E-state index is 13.5. The van der Waals surface area contributed by atoms with Crippen LogP contribution in [0.3, 0.4) is 0 Å². The van der Waals surface area contributed by atoms with Crippen LogP contribution in [0.5, 0.6) is 11.5 Å². The average Bonchev–Trinajstić information content (AvgIpc) is 3.04. The number of hydrogen-bond acceptors (Lipinski definition) is 5. The molecule has 2 aliphatic heterocycles. The van der Waals surface area contributed by atoms with Crippen molar-refractivity contribution in [2.45, 2.75) is 38.3 Å². The molecule has 1 spiro atoms. The van der Waals surface area contributed by atoms with Crippen LogP contribution < -0.4 is 9.47 Å². The molecule has 7 heteroatoms. The highest BCUT2D eigenvalue weighted by molar-refractivity contribution is 6.07. The molecule has 3 amide bonds. The van der Waals surface area contributed by atoms with Gasteiger partial charge < -0.3 is 14.4 Å². The van der Waals surface area contributed by atoms with Gasteiger partial charge in [0.05, 0.1) is 13.7 Å². The summed E-state index contributed by atoms with van der Waals surface area (Å²) in [7, 11) is 1.67. The zero-order chi connectivity index (χ0) is 23.3. The summed E-state index contributed by atoms with van der Waals surface area (Å²) in [6, 6.07) is 17.5. The van der Waals surface area contributed by atoms with Crippen LogP contribution >= 0.6 is 0 Å². The Morgan fingerprint density at radius 1 is 0.970 bits per heavy atom. The summed E-state index contributed by atoms with van der Waals surface area (Å²) < 4.78 is 11.1. The molecule has 2 heterocycles. The lowest BCUT2D eigenvalue weighted by atomic mass is 9.85. The van der Waals surface area contributed by atoms with Gasteiger partial charge in [-0.25, -0.2) is 4.79 Å². The van der Waals surface area contributed by atoms with Crippen LogP contribution in [0.25, 0.3) is 0 Å². The van der Waals surface area contributed by atoms with Crippen LogP contribution in [0.15, 0.2) is 54.6 Å². The number of nitrogens with zero attached hydrogens (tertiary/aromatic N) is 3. The van der Waals surface area contributed by atoms with E-state index in [4.69, 9.17) is 9.47 Å². The van der Waals surface area contributed by atoms with E-state index in [0.717, 1.165) is 31.1 Å². The molecule has 0 aliphatic carbocycles. The Bertz CT molecular complexity index is 957. The lowest BCUT2D eigenvalue weighted by Gasteiger charge is -2.42. The summed E-state index contributed by atoms with van der Waals surface area (Å²) in [5, 5.41) is 0. The van der Waals surface area contributed by atoms with E-state index in [9.17, 15) is 9.59 Å². The van der Waals surface area contributed by atoms with E-state index in [2.05, 4.69) is 11.0 Å². The molecule has 7 nitrogen and oxygen atoms in total. The number of carbonyl (C=O) groups excluding carboxylic acids is 2. The van der Waals surface area contributed by atoms with Crippen molar-refractivity contribution >= 4 is 11.9 Å². The summed E-state index contributed by atoms with van der Waals surface area (Å²) in [6.07, 6.45) is 1.93. The smallest absolute Gasteiger partial charge is 0.327 e. The van der Waals surface area contributed by atoms with Gasteiger partial charge in [0, 0.05) is 32.7 Å². The van der Waals surface area contributed by atoms with Gasteiger partial charge >= 0.3 is 6.03 Å². The van der Waals surface area contributed by atoms with Gasteiger partial charge in [0.25, 0.3) is 5.91 Å². The quantitative estimate of drug-likeness (QED) is 0.429. The molecular formula is C26H33N3O4. The summed E-state index contributed by atoms with van der Waals surface area (Å²) in [5.74, 6) is 1.60. The third-order valence-corrected chi connectivity index (χ3v) is 6.70. The highest BCUT2D eigenvalue weighted by Gasteiger charge is 2.57. The molecule has 2 aromatic rings. The number of para-hydroxylation sites is 1. The van der Waals surface area contributed by atoms with E-state index in [0.29, 0.717) is 39.0 Å². The van der Waals surface area contributed by atoms with E-state index >= 15 is 0 Å². The second-order valence-electron chi connectivity index (χ2n) is 8.66. The fourth-order valence-corrected chi connectivity index (χ4v) is 4.94. The molecule has 0 N–H and O–H groups in total. The third-order valence-electron chi connectivity index (χ3n) is 6.70. The average molecular weight is 452 g/mol. The molecule has 0 aromatic heterocycles. The van der Waals surface area contributed by atoms with Crippen molar-refractivity contribution in [3.63, 3.8) is 0 Å². The number of likely N-dealkylation sites (tertiary alicyclic amines) is 1. The maximum absolute atomic E-state index is 13.5. The van der Waals surface area contributed by atoms with Gasteiger partial charge in [-0.15, -0.1) is 0 Å². The molecule has 0 saturated carbocycles. The molecule has 176 valence electrons. The predicted octanol–water partition coefficient (Wildman–Crippen LogP) is 3.78. The standard InChI is InChI=1S/C26H33N3O4/c1-3-29-25(31)28(15-8-18-33-22-10-5-4-6-11-22)24(30)26(29)13-16-27(17-14-26)20-21-9-7-12-23(19-21)32-2/h4-7,9-12,19H,3,8,13-18,20H2,1-2H3. The monoisotopic (exact) mass is 451 g/mol. The number of benzene rings is 2. The first-order valence-corrected chi connectivity index (χ1v) is 11.7. The number of methoxy groups -OCH3 is 1. The number of piperidine rings is 1. The number of urea groups is 1. The van der Waals surface area contributed by atoms with Crippen molar-refractivity contribution < 1.29 is 19.1 Å².